The molecule has 0 saturated carbocycles. The highest BCUT2D eigenvalue weighted by Crippen LogP contribution is 2.34. The zero-order valence-corrected chi connectivity index (χ0v) is 27.6. The number of aromatic nitrogens is 1. The number of amides is 2. The fourth-order valence-electron chi connectivity index (χ4n) is 6.03. The Labute approximate surface area is 269 Å². The van der Waals surface area contributed by atoms with Crippen molar-refractivity contribution < 1.29 is 29.4 Å². The number of carbonyl (C=O) groups excluding carboxylic acids is 3. The molecular formula is C33H47N5O6S. The lowest BCUT2D eigenvalue weighted by atomic mass is 9.76. The normalized spacial score (nSPS) is 20.2. The number of β-amino-alcohol motifs (C(OH)–C–C–N with tert-alkyl or cyclic N) is 1. The molecule has 3 N–H and O–H groups in total. The van der Waals surface area contributed by atoms with E-state index in [9.17, 15) is 24.3 Å². The highest BCUT2D eigenvalue weighted by Gasteiger charge is 2.44. The smallest absolute Gasteiger partial charge is 0.304 e. The molecule has 45 heavy (non-hydrogen) atoms. The van der Waals surface area contributed by atoms with Gasteiger partial charge < -0.3 is 30.2 Å². The summed E-state index contributed by atoms with van der Waals surface area (Å²) < 4.78 is 0. The molecule has 12 heteroatoms. The summed E-state index contributed by atoms with van der Waals surface area (Å²) in [7, 11) is 0. The van der Waals surface area contributed by atoms with Crippen LogP contribution in [0.2, 0.25) is 0 Å². The molecule has 3 atom stereocenters. The molecular weight excluding hydrogens is 594 g/mol. The molecule has 246 valence electrons. The molecule has 2 amide bonds. The number of aliphatic hydroxyl groups is 1. The third kappa shape index (κ3) is 9.65. The molecule has 0 spiro atoms. The fourth-order valence-corrected chi connectivity index (χ4v) is 6.84. The molecule has 0 radical (unpaired) electrons. The molecule has 11 nitrogen and oxygen atoms in total. The summed E-state index contributed by atoms with van der Waals surface area (Å²) >= 11 is 1.58. The van der Waals surface area contributed by atoms with Gasteiger partial charge in [-0.1, -0.05) is 45.0 Å². The van der Waals surface area contributed by atoms with Crippen LogP contribution in [0.3, 0.4) is 0 Å². The first-order valence-electron chi connectivity index (χ1n) is 15.8. The highest BCUT2D eigenvalue weighted by atomic mass is 32.1. The maximum atomic E-state index is 13.9. The number of aliphatic carboxylic acids is 1. The molecule has 1 aromatic carbocycles. The number of benzene rings is 1. The summed E-state index contributed by atoms with van der Waals surface area (Å²) in [6.45, 7) is 12.3. The number of aliphatic hydroxyl groups excluding tert-OH is 1. The van der Waals surface area contributed by atoms with E-state index in [1.54, 1.807) is 11.3 Å². The van der Waals surface area contributed by atoms with Crippen LogP contribution in [0.25, 0.3) is 10.4 Å². The largest absolute Gasteiger partial charge is 0.481 e. The van der Waals surface area contributed by atoms with Gasteiger partial charge in [-0.2, -0.15) is 0 Å². The molecule has 2 aliphatic rings. The van der Waals surface area contributed by atoms with Crippen molar-refractivity contribution in [2.24, 2.45) is 11.3 Å². The second kappa shape index (κ2) is 15.4. The molecule has 2 aromatic rings. The van der Waals surface area contributed by atoms with Gasteiger partial charge in [-0.05, 0) is 23.5 Å². The van der Waals surface area contributed by atoms with E-state index < -0.39 is 29.4 Å². The molecule has 2 aliphatic heterocycles. The van der Waals surface area contributed by atoms with Crippen LogP contribution in [0.4, 0.5) is 0 Å². The number of hydrogen-bond acceptors (Lipinski definition) is 9. The third-order valence-electron chi connectivity index (χ3n) is 8.88. The Bertz CT molecular complexity index is 1330. The highest BCUT2D eigenvalue weighted by molar-refractivity contribution is 7.13. The first-order valence-corrected chi connectivity index (χ1v) is 16.6. The zero-order chi connectivity index (χ0) is 32.7. The maximum Gasteiger partial charge on any atom is 0.304 e. The van der Waals surface area contributed by atoms with Crippen molar-refractivity contribution in [2.75, 3.05) is 45.8 Å². The average molecular weight is 642 g/mol. The van der Waals surface area contributed by atoms with Gasteiger partial charge in [0.1, 0.15) is 11.8 Å². The van der Waals surface area contributed by atoms with E-state index >= 15 is 0 Å². The molecule has 1 aromatic heterocycles. The van der Waals surface area contributed by atoms with Gasteiger partial charge in [0.2, 0.25) is 11.8 Å². The van der Waals surface area contributed by atoms with Crippen LogP contribution in [-0.4, -0.2) is 111 Å². The summed E-state index contributed by atoms with van der Waals surface area (Å²) in [6, 6.07) is 7.13. The quantitative estimate of drug-likeness (QED) is 0.301. The van der Waals surface area contributed by atoms with E-state index in [2.05, 4.69) is 20.1 Å². The Kier molecular flexibility index (Phi) is 11.9. The van der Waals surface area contributed by atoms with Crippen LogP contribution in [-0.2, 0) is 25.7 Å². The van der Waals surface area contributed by atoms with E-state index in [1.807, 2.05) is 57.5 Å². The first kappa shape index (κ1) is 34.7. The minimum absolute atomic E-state index is 0.00528. The van der Waals surface area contributed by atoms with Gasteiger partial charge in [0.15, 0.2) is 0 Å². The van der Waals surface area contributed by atoms with Crippen LogP contribution in [0.15, 0.2) is 29.8 Å². The van der Waals surface area contributed by atoms with E-state index in [0.29, 0.717) is 26.1 Å². The minimum atomic E-state index is -0.808. The van der Waals surface area contributed by atoms with E-state index in [-0.39, 0.29) is 43.4 Å². The van der Waals surface area contributed by atoms with Crippen molar-refractivity contribution in [3.63, 3.8) is 0 Å². The van der Waals surface area contributed by atoms with Crippen molar-refractivity contribution in [3.8, 4) is 10.4 Å². The monoisotopic (exact) mass is 641 g/mol. The number of nitrogens with zero attached hydrogens (tertiary/aromatic N) is 4. The number of likely N-dealkylation sites (tertiary alicyclic amines) is 1. The van der Waals surface area contributed by atoms with E-state index in [4.69, 9.17) is 5.11 Å². The number of rotatable bonds is 13. The Morgan fingerprint density at radius 1 is 1.02 bits per heavy atom. The number of thiazole rings is 1. The number of Topliss-reactive ketones (excluding diaryl/α,β-unsaturated/α-hetero) is 1. The number of piperazine rings is 1. The average Bonchev–Trinajstić information content (AvgIpc) is 3.61. The zero-order valence-electron chi connectivity index (χ0n) is 26.8. The number of carbonyl (C=O) groups is 4. The number of aryl methyl sites for hydroxylation is 1. The minimum Gasteiger partial charge on any atom is -0.481 e. The van der Waals surface area contributed by atoms with Crippen LogP contribution >= 0.6 is 11.3 Å². The lowest BCUT2D eigenvalue weighted by Crippen LogP contribution is -2.50. The summed E-state index contributed by atoms with van der Waals surface area (Å²) in [5.74, 6) is -2.02. The predicted molar refractivity (Wildman–Crippen MR) is 173 cm³/mol. The van der Waals surface area contributed by atoms with Crippen LogP contribution in [0.1, 0.15) is 57.7 Å². The van der Waals surface area contributed by atoms with Crippen molar-refractivity contribution in [1.82, 2.24) is 25.0 Å². The van der Waals surface area contributed by atoms with Crippen molar-refractivity contribution in [3.05, 3.63) is 41.0 Å². The number of carboxylic acid groups (broad SMARTS) is 1. The fraction of sp³-hybridized carbons (Fsp3) is 0.606. The van der Waals surface area contributed by atoms with Gasteiger partial charge in [-0.25, -0.2) is 4.98 Å². The molecule has 0 unspecified atom stereocenters. The molecule has 0 bridgehead atoms. The lowest BCUT2D eigenvalue weighted by molar-refractivity contribution is -0.146. The second-order valence-electron chi connectivity index (χ2n) is 13.3. The number of ketones is 1. The predicted octanol–water partition coefficient (Wildman–Crippen LogP) is 2.80. The van der Waals surface area contributed by atoms with Crippen LogP contribution in [0.5, 0.6) is 0 Å². The maximum absolute atomic E-state index is 13.9. The number of nitrogens with one attached hydrogen (secondary N) is 1. The van der Waals surface area contributed by atoms with Gasteiger partial charge in [-0.3, -0.25) is 19.2 Å². The number of hydrogen-bond donors (Lipinski definition) is 3. The summed E-state index contributed by atoms with van der Waals surface area (Å²) in [6.07, 6.45) is -0.128. The van der Waals surface area contributed by atoms with Gasteiger partial charge in [0, 0.05) is 77.5 Å². The Hall–Kier alpha value is -3.19. The van der Waals surface area contributed by atoms with Gasteiger partial charge in [-0.15, -0.1) is 11.3 Å². The summed E-state index contributed by atoms with van der Waals surface area (Å²) in [4.78, 5) is 62.4. The Morgan fingerprint density at radius 3 is 2.20 bits per heavy atom. The molecule has 2 fully saturated rings. The summed E-state index contributed by atoms with van der Waals surface area (Å²) in [5.41, 5.74) is 4.27. The van der Waals surface area contributed by atoms with E-state index in [1.165, 1.54) is 4.90 Å². The van der Waals surface area contributed by atoms with Crippen LogP contribution in [0, 0.1) is 18.3 Å². The molecule has 0 aliphatic carbocycles. The van der Waals surface area contributed by atoms with Gasteiger partial charge in [0.25, 0.3) is 0 Å². The summed E-state index contributed by atoms with van der Waals surface area (Å²) in [5, 5.41) is 22.3. The Balaban J connectivity index is 1.30. The first-order chi connectivity index (χ1) is 21.3. The van der Waals surface area contributed by atoms with Gasteiger partial charge >= 0.3 is 5.97 Å². The SMILES string of the molecule is Cc1ncsc1-c1ccc(CNC(=O)[C@@H]2C[C@@H](O)CN2C(=O)[C@@H](CC(=O)CCN2CCN(CCC(=O)O)CC2)C(C)(C)C)cc1. The van der Waals surface area contributed by atoms with Crippen LogP contribution < -0.4 is 5.32 Å². The second-order valence-corrected chi connectivity index (χ2v) is 14.2. The van der Waals surface area contributed by atoms with Crippen molar-refractivity contribution in [2.45, 2.75) is 72.1 Å². The third-order valence-corrected chi connectivity index (χ3v) is 9.86. The van der Waals surface area contributed by atoms with Gasteiger partial charge in [0.05, 0.1) is 28.6 Å². The van der Waals surface area contributed by atoms with Crippen molar-refractivity contribution in [1.29, 1.82) is 0 Å². The lowest BCUT2D eigenvalue weighted by Gasteiger charge is -2.35. The molecule has 3 heterocycles. The molecule has 2 saturated heterocycles. The topological polar surface area (TPSA) is 143 Å². The van der Waals surface area contributed by atoms with Crippen molar-refractivity contribution >= 4 is 34.9 Å². The van der Waals surface area contributed by atoms with E-state index in [0.717, 1.165) is 47.9 Å². The standard InChI is InChI=1S/C33H47N5O6S/c1-22-30(45-21-35-22)24-7-5-23(6-8-24)19-34-31(43)28-18-26(40)20-38(28)32(44)27(33(2,3)4)17-25(39)9-11-36-13-15-37(16-14-36)12-10-29(41)42/h5-8,21,26-28,40H,9-20H2,1-4H3,(H,34,43)(H,41,42)/t26-,27-,28+/m1/s1. The Morgan fingerprint density at radius 2 is 1.64 bits per heavy atom. The number of carboxylic acids is 1. The molecule has 4 rings (SSSR count).